The van der Waals surface area contributed by atoms with Gasteiger partial charge < -0.3 is 15.0 Å². The summed E-state index contributed by atoms with van der Waals surface area (Å²) in [6, 6.07) is 5.30. The maximum Gasteiger partial charge on any atom is 0.125 e. The number of anilines is 1. The molecule has 1 atom stereocenters. The van der Waals surface area contributed by atoms with Gasteiger partial charge in [-0.1, -0.05) is 0 Å². The van der Waals surface area contributed by atoms with Crippen molar-refractivity contribution in [3.63, 3.8) is 0 Å². The molecule has 0 aliphatic rings. The lowest BCUT2D eigenvalue weighted by atomic mass is 10.1. The van der Waals surface area contributed by atoms with Crippen molar-refractivity contribution in [3.05, 3.63) is 29.6 Å². The summed E-state index contributed by atoms with van der Waals surface area (Å²) < 4.78 is 18.6. The molecule has 3 nitrogen and oxygen atoms in total. The van der Waals surface area contributed by atoms with Crippen LogP contribution in [0, 0.1) is 5.82 Å². The van der Waals surface area contributed by atoms with Gasteiger partial charge in [0.15, 0.2) is 0 Å². The molecule has 0 saturated heterocycles. The molecule has 0 radical (unpaired) electrons. The van der Waals surface area contributed by atoms with Crippen molar-refractivity contribution in [2.45, 2.75) is 19.5 Å². The zero-order chi connectivity index (χ0) is 12.8. The van der Waals surface area contributed by atoms with Gasteiger partial charge >= 0.3 is 0 Å². The van der Waals surface area contributed by atoms with E-state index in [1.54, 1.807) is 19.2 Å². The number of methoxy groups -OCH3 is 1. The molecule has 0 aliphatic carbocycles. The molecule has 1 N–H and O–H groups in total. The van der Waals surface area contributed by atoms with Gasteiger partial charge in [0.2, 0.25) is 0 Å². The fourth-order valence-corrected chi connectivity index (χ4v) is 1.75. The quantitative estimate of drug-likeness (QED) is 0.823. The predicted molar refractivity (Wildman–Crippen MR) is 68.9 cm³/mol. The van der Waals surface area contributed by atoms with Crippen molar-refractivity contribution in [2.24, 2.45) is 0 Å². The van der Waals surface area contributed by atoms with Crippen molar-refractivity contribution in [1.82, 2.24) is 5.32 Å². The van der Waals surface area contributed by atoms with Crippen LogP contribution in [0.5, 0.6) is 0 Å². The number of ether oxygens (including phenoxy) is 1. The first kappa shape index (κ1) is 13.9. The average Bonchev–Trinajstić information content (AvgIpc) is 2.28. The van der Waals surface area contributed by atoms with Crippen LogP contribution in [0.1, 0.15) is 12.5 Å². The molecule has 0 heterocycles. The third-order valence-corrected chi connectivity index (χ3v) is 2.80. The lowest BCUT2D eigenvalue weighted by Crippen LogP contribution is -2.32. The monoisotopic (exact) mass is 240 g/mol. The highest BCUT2D eigenvalue weighted by molar-refractivity contribution is 5.49. The standard InChI is InChI=1S/C13H21FN2O/c1-10(9-17-4)16(3)13-6-11(8-15-2)5-12(14)7-13/h5-7,10,15H,8-9H2,1-4H3. The summed E-state index contributed by atoms with van der Waals surface area (Å²) in [6.07, 6.45) is 0. The van der Waals surface area contributed by atoms with Gasteiger partial charge in [-0.2, -0.15) is 0 Å². The lowest BCUT2D eigenvalue weighted by Gasteiger charge is -2.27. The SMILES string of the molecule is CNCc1cc(F)cc(N(C)C(C)COC)c1. The van der Waals surface area contributed by atoms with Crippen molar-refractivity contribution in [1.29, 1.82) is 0 Å². The highest BCUT2D eigenvalue weighted by Gasteiger charge is 2.11. The summed E-state index contributed by atoms with van der Waals surface area (Å²) in [5.74, 6) is -0.204. The summed E-state index contributed by atoms with van der Waals surface area (Å²) in [6.45, 7) is 3.33. The summed E-state index contributed by atoms with van der Waals surface area (Å²) in [4.78, 5) is 2.02. The van der Waals surface area contributed by atoms with Crippen LogP contribution in [-0.4, -0.2) is 33.9 Å². The van der Waals surface area contributed by atoms with E-state index in [0.29, 0.717) is 13.2 Å². The fraction of sp³-hybridized carbons (Fsp3) is 0.538. The van der Waals surface area contributed by atoms with Gasteiger partial charge in [-0.15, -0.1) is 0 Å². The predicted octanol–water partition coefficient (Wildman–Crippen LogP) is 2.02. The number of likely N-dealkylation sites (N-methyl/N-ethyl adjacent to an activating group) is 1. The van der Waals surface area contributed by atoms with Gasteiger partial charge in [-0.3, -0.25) is 0 Å². The van der Waals surface area contributed by atoms with E-state index in [4.69, 9.17) is 4.74 Å². The average molecular weight is 240 g/mol. The van der Waals surface area contributed by atoms with E-state index in [0.717, 1.165) is 11.3 Å². The molecule has 0 aliphatic heterocycles. The minimum atomic E-state index is -0.204. The third-order valence-electron chi connectivity index (χ3n) is 2.80. The molecule has 96 valence electrons. The molecule has 1 aromatic carbocycles. The van der Waals surface area contributed by atoms with Crippen LogP contribution >= 0.6 is 0 Å². The topological polar surface area (TPSA) is 24.5 Å². The van der Waals surface area contributed by atoms with E-state index in [1.165, 1.54) is 0 Å². The van der Waals surface area contributed by atoms with Crippen molar-refractivity contribution >= 4 is 5.69 Å². The zero-order valence-electron chi connectivity index (χ0n) is 11.0. The molecule has 0 fully saturated rings. The number of benzene rings is 1. The summed E-state index contributed by atoms with van der Waals surface area (Å²) in [5.41, 5.74) is 1.82. The first-order valence-corrected chi connectivity index (χ1v) is 5.74. The lowest BCUT2D eigenvalue weighted by molar-refractivity contribution is 0.183. The molecule has 0 saturated carbocycles. The Bertz CT molecular complexity index is 357. The first-order chi connectivity index (χ1) is 8.08. The van der Waals surface area contributed by atoms with Crippen LogP contribution < -0.4 is 10.2 Å². The van der Waals surface area contributed by atoms with Gasteiger partial charge in [0, 0.05) is 32.4 Å². The van der Waals surface area contributed by atoms with Gasteiger partial charge in [-0.25, -0.2) is 4.39 Å². The van der Waals surface area contributed by atoms with Crippen LogP contribution in [0.2, 0.25) is 0 Å². The molecule has 0 bridgehead atoms. The van der Waals surface area contributed by atoms with Gasteiger partial charge in [0.25, 0.3) is 0 Å². The summed E-state index contributed by atoms with van der Waals surface area (Å²) in [5, 5.41) is 3.02. The number of hydrogen-bond acceptors (Lipinski definition) is 3. The molecule has 0 aromatic heterocycles. The van der Waals surface area contributed by atoms with E-state index in [2.05, 4.69) is 5.32 Å². The van der Waals surface area contributed by atoms with Crippen molar-refractivity contribution < 1.29 is 9.13 Å². The van der Waals surface area contributed by atoms with Crippen LogP contribution in [0.15, 0.2) is 18.2 Å². The molecular weight excluding hydrogens is 219 g/mol. The van der Waals surface area contributed by atoms with E-state index >= 15 is 0 Å². The van der Waals surface area contributed by atoms with E-state index in [-0.39, 0.29) is 11.9 Å². The Morgan fingerprint density at radius 1 is 1.41 bits per heavy atom. The van der Waals surface area contributed by atoms with Crippen molar-refractivity contribution in [2.75, 3.05) is 32.7 Å². The largest absolute Gasteiger partial charge is 0.383 e. The van der Waals surface area contributed by atoms with Crippen molar-refractivity contribution in [3.8, 4) is 0 Å². The summed E-state index contributed by atoms with van der Waals surface area (Å²) in [7, 11) is 5.46. The van der Waals surface area contributed by atoms with Gasteiger partial charge in [0.1, 0.15) is 5.82 Å². The number of nitrogens with zero attached hydrogens (tertiary/aromatic N) is 1. The maximum atomic E-state index is 13.5. The molecular formula is C13H21FN2O. The Labute approximate surface area is 103 Å². The third kappa shape index (κ3) is 3.98. The highest BCUT2D eigenvalue weighted by Crippen LogP contribution is 2.19. The Morgan fingerprint density at radius 2 is 2.12 bits per heavy atom. The minimum Gasteiger partial charge on any atom is -0.383 e. The molecule has 1 unspecified atom stereocenters. The molecule has 4 heteroatoms. The normalized spacial score (nSPS) is 12.5. The zero-order valence-corrected chi connectivity index (χ0v) is 11.0. The van der Waals surface area contributed by atoms with E-state index < -0.39 is 0 Å². The maximum absolute atomic E-state index is 13.5. The molecule has 1 rings (SSSR count). The second kappa shape index (κ2) is 6.57. The second-order valence-electron chi connectivity index (χ2n) is 4.26. The van der Waals surface area contributed by atoms with Crippen LogP contribution in [0.25, 0.3) is 0 Å². The van der Waals surface area contributed by atoms with Crippen LogP contribution in [-0.2, 0) is 11.3 Å². The van der Waals surface area contributed by atoms with E-state index in [9.17, 15) is 4.39 Å². The Hall–Kier alpha value is -1.13. The number of nitrogens with one attached hydrogen (secondary N) is 1. The smallest absolute Gasteiger partial charge is 0.125 e. The van der Waals surface area contributed by atoms with Gasteiger partial charge in [-0.05, 0) is 37.7 Å². The molecule has 0 amide bonds. The Morgan fingerprint density at radius 3 is 2.71 bits per heavy atom. The minimum absolute atomic E-state index is 0.204. The molecule has 1 aromatic rings. The molecule has 17 heavy (non-hydrogen) atoms. The molecule has 0 spiro atoms. The number of halogens is 1. The van der Waals surface area contributed by atoms with E-state index in [1.807, 2.05) is 32.0 Å². The second-order valence-corrected chi connectivity index (χ2v) is 4.26. The number of hydrogen-bond donors (Lipinski definition) is 1. The van der Waals surface area contributed by atoms with Crippen LogP contribution in [0.3, 0.4) is 0 Å². The Balaban J connectivity index is 2.88. The van der Waals surface area contributed by atoms with Crippen LogP contribution in [0.4, 0.5) is 10.1 Å². The Kier molecular flexibility index (Phi) is 5.38. The highest BCUT2D eigenvalue weighted by atomic mass is 19.1. The van der Waals surface area contributed by atoms with Gasteiger partial charge in [0.05, 0.1) is 6.61 Å². The first-order valence-electron chi connectivity index (χ1n) is 5.74. The fourth-order valence-electron chi connectivity index (χ4n) is 1.75. The number of rotatable bonds is 6. The summed E-state index contributed by atoms with van der Waals surface area (Å²) >= 11 is 0.